The number of ether oxygens (including phenoxy) is 1. The topological polar surface area (TPSA) is 102 Å². The van der Waals surface area contributed by atoms with Crippen LogP contribution in [0.2, 0.25) is 0 Å². The van der Waals surface area contributed by atoms with Crippen LogP contribution in [0.4, 0.5) is 23.0 Å². The molecule has 0 N–H and O–H groups in total. The third-order valence-corrected chi connectivity index (χ3v) is 5.69. The Hall–Kier alpha value is -4.79. The van der Waals surface area contributed by atoms with Gasteiger partial charge in [-0.25, -0.2) is 14.8 Å². The van der Waals surface area contributed by atoms with Crippen molar-refractivity contribution in [3.05, 3.63) is 118 Å². The number of hydrogen-bond acceptors (Lipinski definition) is 8. The van der Waals surface area contributed by atoms with Crippen LogP contribution in [0.25, 0.3) is 0 Å². The molecule has 0 amide bonds. The number of aromatic nitrogens is 2. The highest BCUT2D eigenvalue weighted by Gasteiger charge is 2.31. The summed E-state index contributed by atoms with van der Waals surface area (Å²) in [6, 6.07) is 26.1. The molecule has 4 rings (SSSR count). The van der Waals surface area contributed by atoms with Crippen molar-refractivity contribution in [1.29, 1.82) is 0 Å². The first-order valence-electron chi connectivity index (χ1n) is 11.2. The summed E-state index contributed by atoms with van der Waals surface area (Å²) in [5, 5.41) is 12.4. The maximum absolute atomic E-state index is 12.4. The average Bonchev–Trinajstić information content (AvgIpc) is 2.92. The van der Waals surface area contributed by atoms with Crippen LogP contribution in [-0.4, -0.2) is 35.0 Å². The number of nitro groups is 1. The highest BCUT2D eigenvalue weighted by atomic mass is 16.6. The molecule has 0 bridgehead atoms. The molecule has 0 aliphatic rings. The van der Waals surface area contributed by atoms with Gasteiger partial charge in [0.15, 0.2) is 0 Å². The number of carbonyl (C=O) groups is 1. The minimum Gasteiger partial charge on any atom is -0.465 e. The Bertz CT molecular complexity index is 1310. The molecule has 0 aliphatic carbocycles. The van der Waals surface area contributed by atoms with Gasteiger partial charge in [-0.2, -0.15) is 0 Å². The molecule has 0 spiro atoms. The van der Waals surface area contributed by atoms with Gasteiger partial charge in [-0.05, 0) is 23.3 Å². The fraction of sp³-hybridized carbons (Fsp3) is 0.148. The van der Waals surface area contributed by atoms with Crippen LogP contribution < -0.4 is 9.80 Å². The summed E-state index contributed by atoms with van der Waals surface area (Å²) in [7, 11) is 2.91. The standard InChI is InChI=1S/C27H25N5O4/c1-30(23-16-10-9-15-22(23)27(33)36-2)25-24(32(34)35)26(29-19-28-25)31(17-20-11-5-3-6-12-20)18-21-13-7-4-8-14-21/h3-16,19H,17-18H2,1-2H3. The second-order valence-electron chi connectivity index (χ2n) is 8.02. The van der Waals surface area contributed by atoms with Gasteiger partial charge in [0, 0.05) is 20.1 Å². The first-order valence-corrected chi connectivity index (χ1v) is 11.2. The van der Waals surface area contributed by atoms with Gasteiger partial charge in [0.1, 0.15) is 6.33 Å². The van der Waals surface area contributed by atoms with E-state index in [1.807, 2.05) is 65.6 Å². The first kappa shape index (κ1) is 24.3. The molecule has 182 valence electrons. The summed E-state index contributed by atoms with van der Waals surface area (Å²) in [4.78, 5) is 36.3. The van der Waals surface area contributed by atoms with Gasteiger partial charge in [0.05, 0.1) is 23.3 Å². The van der Waals surface area contributed by atoms with E-state index in [0.717, 1.165) is 11.1 Å². The van der Waals surface area contributed by atoms with Gasteiger partial charge in [-0.3, -0.25) is 10.1 Å². The SMILES string of the molecule is COC(=O)c1ccccc1N(C)c1ncnc(N(Cc2ccccc2)Cc2ccccc2)c1[N+](=O)[O-]. The third-order valence-electron chi connectivity index (χ3n) is 5.69. The van der Waals surface area contributed by atoms with Crippen LogP contribution in [0.3, 0.4) is 0 Å². The summed E-state index contributed by atoms with van der Waals surface area (Å²) in [5.41, 5.74) is 2.39. The zero-order chi connectivity index (χ0) is 25.5. The Morgan fingerprint density at radius 2 is 1.39 bits per heavy atom. The van der Waals surface area contributed by atoms with Crippen LogP contribution in [0.15, 0.2) is 91.3 Å². The molecule has 0 unspecified atom stereocenters. The first-order chi connectivity index (χ1) is 17.5. The van der Waals surface area contributed by atoms with Crippen LogP contribution in [0.1, 0.15) is 21.5 Å². The van der Waals surface area contributed by atoms with Gasteiger partial charge in [0.25, 0.3) is 0 Å². The van der Waals surface area contributed by atoms with E-state index in [1.165, 1.54) is 18.3 Å². The van der Waals surface area contributed by atoms with Crippen molar-refractivity contribution in [2.45, 2.75) is 13.1 Å². The summed E-state index contributed by atoms with van der Waals surface area (Å²) >= 11 is 0. The Balaban J connectivity index is 1.83. The van der Waals surface area contributed by atoms with Crippen molar-refractivity contribution in [3.63, 3.8) is 0 Å². The Morgan fingerprint density at radius 3 is 1.94 bits per heavy atom. The molecule has 9 heteroatoms. The lowest BCUT2D eigenvalue weighted by atomic mass is 10.1. The third kappa shape index (κ3) is 5.30. The van der Waals surface area contributed by atoms with Gasteiger partial charge in [-0.15, -0.1) is 0 Å². The van der Waals surface area contributed by atoms with E-state index in [-0.39, 0.29) is 22.9 Å². The van der Waals surface area contributed by atoms with Crippen LogP contribution in [0, 0.1) is 10.1 Å². The van der Waals surface area contributed by atoms with Crippen molar-refractivity contribution >= 4 is 29.0 Å². The summed E-state index contributed by atoms with van der Waals surface area (Å²) < 4.78 is 4.89. The molecule has 0 radical (unpaired) electrons. The van der Waals surface area contributed by atoms with Gasteiger partial charge in [0.2, 0.25) is 11.6 Å². The van der Waals surface area contributed by atoms with Crippen molar-refractivity contribution in [2.24, 2.45) is 0 Å². The Morgan fingerprint density at radius 1 is 0.861 bits per heavy atom. The van der Waals surface area contributed by atoms with Crippen molar-refractivity contribution < 1.29 is 14.5 Å². The number of rotatable bonds is 9. The van der Waals surface area contributed by atoms with Crippen molar-refractivity contribution in [2.75, 3.05) is 24.0 Å². The molecule has 4 aromatic rings. The smallest absolute Gasteiger partial charge is 0.354 e. The molecule has 3 aromatic carbocycles. The maximum atomic E-state index is 12.4. The monoisotopic (exact) mass is 483 g/mol. The molecule has 1 heterocycles. The molecular weight excluding hydrogens is 458 g/mol. The fourth-order valence-electron chi connectivity index (χ4n) is 3.98. The normalized spacial score (nSPS) is 10.5. The predicted octanol–water partition coefficient (Wildman–Crippen LogP) is 5.15. The van der Waals surface area contributed by atoms with Crippen LogP contribution in [-0.2, 0) is 17.8 Å². The van der Waals surface area contributed by atoms with Crippen LogP contribution in [0.5, 0.6) is 0 Å². The van der Waals surface area contributed by atoms with E-state index in [1.54, 1.807) is 31.3 Å². The van der Waals surface area contributed by atoms with E-state index in [9.17, 15) is 14.9 Å². The van der Waals surface area contributed by atoms with Gasteiger partial charge in [-0.1, -0.05) is 72.8 Å². The molecule has 0 saturated carbocycles. The Labute approximate surface area is 208 Å². The van der Waals surface area contributed by atoms with E-state index in [2.05, 4.69) is 9.97 Å². The number of para-hydroxylation sites is 1. The highest BCUT2D eigenvalue weighted by molar-refractivity contribution is 5.97. The van der Waals surface area contributed by atoms with Crippen molar-refractivity contribution in [3.8, 4) is 0 Å². The van der Waals surface area contributed by atoms with Crippen molar-refractivity contribution in [1.82, 2.24) is 9.97 Å². The zero-order valence-corrected chi connectivity index (χ0v) is 19.9. The molecule has 1 aromatic heterocycles. The molecule has 0 fully saturated rings. The van der Waals surface area contributed by atoms with Gasteiger partial charge >= 0.3 is 11.7 Å². The highest BCUT2D eigenvalue weighted by Crippen LogP contribution is 2.38. The summed E-state index contributed by atoms with van der Waals surface area (Å²) in [6.07, 6.45) is 1.30. The second-order valence-corrected chi connectivity index (χ2v) is 8.02. The summed E-state index contributed by atoms with van der Waals surface area (Å²) in [6.45, 7) is 0.797. The lowest BCUT2D eigenvalue weighted by Crippen LogP contribution is -2.26. The van der Waals surface area contributed by atoms with E-state index in [0.29, 0.717) is 18.8 Å². The minimum atomic E-state index is -0.552. The molecule has 0 atom stereocenters. The number of methoxy groups -OCH3 is 1. The fourth-order valence-corrected chi connectivity index (χ4v) is 3.98. The largest absolute Gasteiger partial charge is 0.465 e. The average molecular weight is 484 g/mol. The maximum Gasteiger partial charge on any atom is 0.354 e. The van der Waals surface area contributed by atoms with E-state index < -0.39 is 10.9 Å². The zero-order valence-electron chi connectivity index (χ0n) is 19.9. The van der Waals surface area contributed by atoms with Gasteiger partial charge < -0.3 is 14.5 Å². The minimum absolute atomic E-state index is 0.0625. The molecule has 36 heavy (non-hydrogen) atoms. The lowest BCUT2D eigenvalue weighted by molar-refractivity contribution is -0.383. The number of hydrogen-bond donors (Lipinski definition) is 0. The van der Waals surface area contributed by atoms with E-state index in [4.69, 9.17) is 4.74 Å². The lowest BCUT2D eigenvalue weighted by Gasteiger charge is -2.26. The number of esters is 1. The molecule has 0 aliphatic heterocycles. The number of benzene rings is 3. The number of carbonyl (C=O) groups excluding carboxylic acids is 1. The Kier molecular flexibility index (Phi) is 7.50. The molecule has 9 nitrogen and oxygen atoms in total. The molecular formula is C27H25N5O4. The van der Waals surface area contributed by atoms with E-state index >= 15 is 0 Å². The summed E-state index contributed by atoms with van der Waals surface area (Å²) in [5.74, 6) is -0.309. The molecule has 0 saturated heterocycles. The predicted molar refractivity (Wildman–Crippen MR) is 137 cm³/mol. The number of anilines is 3. The second kappa shape index (κ2) is 11.1. The number of nitrogens with zero attached hydrogens (tertiary/aromatic N) is 5. The quantitative estimate of drug-likeness (QED) is 0.183. The van der Waals surface area contributed by atoms with Crippen LogP contribution >= 0.6 is 0 Å².